The molecule has 14 heteroatoms. The smallest absolute Gasteiger partial charge is 0.217 e. The van der Waals surface area contributed by atoms with Gasteiger partial charge >= 0.3 is 0 Å². The Morgan fingerprint density at radius 1 is 1.04 bits per heavy atom. The molecule has 2 atom stereocenters. The summed E-state index contributed by atoms with van der Waals surface area (Å²) < 4.78 is 20.5. The van der Waals surface area contributed by atoms with Crippen molar-refractivity contribution >= 4 is 57.6 Å². The van der Waals surface area contributed by atoms with Crippen LogP contribution in [0.1, 0.15) is 5.56 Å². The molecule has 0 saturated carbocycles. The van der Waals surface area contributed by atoms with E-state index in [-0.39, 0.29) is 12.6 Å². The minimum Gasteiger partial charge on any atom is -0.491 e. The first-order chi connectivity index (χ1) is 21.8. The Morgan fingerprint density at radius 3 is 2.31 bits per heavy atom. The van der Waals surface area contributed by atoms with Gasteiger partial charge in [-0.1, -0.05) is 29.3 Å². The third-order valence-corrected chi connectivity index (χ3v) is 8.70. The number of thiocarbonyl (C=S) groups is 1. The van der Waals surface area contributed by atoms with Crippen molar-refractivity contribution in [2.45, 2.75) is 18.4 Å². The summed E-state index contributed by atoms with van der Waals surface area (Å²) >= 11 is 17.9. The van der Waals surface area contributed by atoms with Gasteiger partial charge in [-0.2, -0.15) is 5.10 Å². The summed E-state index contributed by atoms with van der Waals surface area (Å²) in [6.07, 6.45) is 2.75. The maximum atomic E-state index is 6.57. The van der Waals surface area contributed by atoms with E-state index in [4.69, 9.17) is 55.5 Å². The average Bonchev–Trinajstić information content (AvgIpc) is 3.71. The Labute approximate surface area is 277 Å². The van der Waals surface area contributed by atoms with Gasteiger partial charge in [-0.15, -0.1) is 0 Å². The predicted octanol–water partition coefficient (Wildman–Crippen LogP) is 4.76. The highest BCUT2D eigenvalue weighted by Crippen LogP contribution is 2.40. The molecule has 3 heterocycles. The minimum atomic E-state index is -1.15. The Balaban J connectivity index is 1.01. The summed E-state index contributed by atoms with van der Waals surface area (Å²) in [5.41, 5.74) is 3.92. The number of nitrogens with one attached hydrogen (secondary N) is 1. The number of halogens is 2. The summed E-state index contributed by atoms with van der Waals surface area (Å²) in [4.78, 5) is 8.81. The summed E-state index contributed by atoms with van der Waals surface area (Å²) in [5, 5.41) is 10.2. The van der Waals surface area contributed by atoms with E-state index in [2.05, 4.69) is 49.5 Å². The van der Waals surface area contributed by atoms with Crippen molar-refractivity contribution in [3.8, 4) is 5.75 Å². The number of hydrazine groups is 1. The number of benzene rings is 3. The van der Waals surface area contributed by atoms with Crippen LogP contribution in [0.25, 0.3) is 0 Å². The lowest BCUT2D eigenvalue weighted by atomic mass is 10.1. The molecule has 45 heavy (non-hydrogen) atoms. The fourth-order valence-corrected chi connectivity index (χ4v) is 6.09. The van der Waals surface area contributed by atoms with Crippen molar-refractivity contribution in [2.75, 3.05) is 61.6 Å². The molecule has 0 unspecified atom stereocenters. The van der Waals surface area contributed by atoms with Crippen LogP contribution in [0.4, 0.5) is 17.1 Å². The van der Waals surface area contributed by atoms with E-state index in [1.807, 2.05) is 30.3 Å². The minimum absolute atomic E-state index is 0.274. The molecule has 2 fully saturated rings. The molecule has 0 aliphatic carbocycles. The number of rotatable bonds is 9. The van der Waals surface area contributed by atoms with E-state index in [0.29, 0.717) is 33.9 Å². The van der Waals surface area contributed by atoms with Gasteiger partial charge in [0.1, 0.15) is 37.7 Å². The molecular formula is C31H34Cl2N8O3S. The molecule has 2 aliphatic heterocycles. The first-order valence-electron chi connectivity index (χ1n) is 14.5. The van der Waals surface area contributed by atoms with Gasteiger partial charge in [0.2, 0.25) is 5.79 Å². The first kappa shape index (κ1) is 31.3. The van der Waals surface area contributed by atoms with Crippen molar-refractivity contribution in [1.82, 2.24) is 19.8 Å². The molecule has 0 spiro atoms. The Kier molecular flexibility index (Phi) is 9.59. The van der Waals surface area contributed by atoms with Gasteiger partial charge in [0.25, 0.3) is 0 Å². The van der Waals surface area contributed by atoms with Gasteiger partial charge in [-0.3, -0.25) is 5.01 Å². The zero-order chi connectivity index (χ0) is 31.4. The van der Waals surface area contributed by atoms with Gasteiger partial charge in [-0.25, -0.2) is 15.5 Å². The fourth-order valence-electron chi connectivity index (χ4n) is 5.41. The number of nitrogens with two attached hydrogens (primary N) is 1. The number of aromatic nitrogens is 3. The molecule has 0 radical (unpaired) electrons. The van der Waals surface area contributed by atoms with Crippen LogP contribution in [0.3, 0.4) is 0 Å². The quantitative estimate of drug-likeness (QED) is 0.146. The van der Waals surface area contributed by atoms with E-state index >= 15 is 0 Å². The SMILES string of the molecule is CN(N)C(=S)Nc1ccc(N2CCN(c3ccc(OC[C@@H]4CO[C@@](Cn5cncn5)(c5ccc(Cl)cc5Cl)O4)cc3)CC2)cc1. The second-order valence-electron chi connectivity index (χ2n) is 10.9. The number of hydrogen-bond donors (Lipinski definition) is 2. The molecule has 11 nitrogen and oxygen atoms in total. The third kappa shape index (κ3) is 7.43. The standard InChI is InChI=1S/C31H34Cl2N8O3S/c1-38(34)30(45)37-23-3-5-24(6-4-23)39-12-14-40(15-13-39)25-7-9-26(10-8-25)42-17-27-18-43-31(44-27,19-41-21-35-20-36-41)28-11-2-22(32)16-29(28)33/h2-11,16,20-21,27H,12-15,17-19,34H2,1H3,(H,37,45)/t27-,31-/m1/s1. The van der Waals surface area contributed by atoms with Gasteiger partial charge < -0.3 is 29.3 Å². The Bertz CT molecular complexity index is 1590. The van der Waals surface area contributed by atoms with Crippen LogP contribution < -0.4 is 25.7 Å². The van der Waals surface area contributed by atoms with E-state index in [9.17, 15) is 0 Å². The molecule has 2 aliphatic rings. The number of hydrogen-bond acceptors (Lipinski definition) is 9. The van der Waals surface area contributed by atoms with Crippen LogP contribution in [0.15, 0.2) is 79.4 Å². The highest BCUT2D eigenvalue weighted by molar-refractivity contribution is 7.80. The second kappa shape index (κ2) is 13.8. The van der Waals surface area contributed by atoms with Crippen LogP contribution in [0.5, 0.6) is 5.75 Å². The van der Waals surface area contributed by atoms with E-state index in [1.54, 1.807) is 30.2 Å². The molecule has 3 N–H and O–H groups in total. The molecule has 0 bridgehead atoms. The van der Waals surface area contributed by atoms with Crippen LogP contribution in [0.2, 0.25) is 10.0 Å². The zero-order valence-electron chi connectivity index (χ0n) is 24.7. The molecule has 4 aromatic rings. The average molecular weight is 670 g/mol. The molecule has 6 rings (SSSR count). The molecule has 3 aromatic carbocycles. The molecule has 236 valence electrons. The first-order valence-corrected chi connectivity index (χ1v) is 15.7. The van der Waals surface area contributed by atoms with E-state index in [1.165, 1.54) is 17.0 Å². The number of piperazine rings is 1. The van der Waals surface area contributed by atoms with Gasteiger partial charge in [0.05, 0.1) is 11.6 Å². The van der Waals surface area contributed by atoms with Crippen molar-refractivity contribution in [2.24, 2.45) is 5.84 Å². The second-order valence-corrected chi connectivity index (χ2v) is 12.1. The molecular weight excluding hydrogens is 635 g/mol. The predicted molar refractivity (Wildman–Crippen MR) is 180 cm³/mol. The van der Waals surface area contributed by atoms with Crippen molar-refractivity contribution in [3.63, 3.8) is 0 Å². The molecule has 0 amide bonds. The van der Waals surface area contributed by atoms with Crippen LogP contribution in [-0.2, 0) is 21.8 Å². The lowest BCUT2D eigenvalue weighted by Crippen LogP contribution is -2.46. The van der Waals surface area contributed by atoms with Crippen LogP contribution in [0, 0.1) is 0 Å². The maximum absolute atomic E-state index is 6.57. The lowest BCUT2D eigenvalue weighted by Gasteiger charge is -2.37. The molecule has 1 aromatic heterocycles. The van der Waals surface area contributed by atoms with Gasteiger partial charge in [0, 0.05) is 60.9 Å². The van der Waals surface area contributed by atoms with Crippen molar-refractivity contribution in [3.05, 3.63) is 95.0 Å². The number of nitrogens with zero attached hydrogens (tertiary/aromatic N) is 6. The monoisotopic (exact) mass is 668 g/mol. The van der Waals surface area contributed by atoms with E-state index in [0.717, 1.165) is 43.3 Å². The highest BCUT2D eigenvalue weighted by atomic mass is 35.5. The lowest BCUT2D eigenvalue weighted by molar-refractivity contribution is -0.190. The topological polar surface area (TPSA) is 106 Å². The summed E-state index contributed by atoms with van der Waals surface area (Å²) in [5.74, 6) is 5.29. The zero-order valence-corrected chi connectivity index (χ0v) is 27.0. The van der Waals surface area contributed by atoms with Crippen molar-refractivity contribution < 1.29 is 14.2 Å². The summed E-state index contributed by atoms with van der Waals surface area (Å²) in [6.45, 7) is 4.58. The third-order valence-electron chi connectivity index (χ3n) is 7.76. The fraction of sp³-hybridized carbons (Fsp3) is 0.323. The van der Waals surface area contributed by atoms with Crippen LogP contribution in [-0.4, -0.2) is 77.4 Å². The van der Waals surface area contributed by atoms with E-state index < -0.39 is 5.79 Å². The highest BCUT2D eigenvalue weighted by Gasteiger charge is 2.45. The summed E-state index contributed by atoms with van der Waals surface area (Å²) in [6, 6.07) is 21.7. The van der Waals surface area contributed by atoms with Crippen LogP contribution >= 0.6 is 35.4 Å². The Hall–Kier alpha value is -3.65. The van der Waals surface area contributed by atoms with Gasteiger partial charge in [0.15, 0.2) is 5.11 Å². The normalized spacial score (nSPS) is 19.9. The van der Waals surface area contributed by atoms with Crippen molar-refractivity contribution in [1.29, 1.82) is 0 Å². The van der Waals surface area contributed by atoms with Gasteiger partial charge in [-0.05, 0) is 72.9 Å². The maximum Gasteiger partial charge on any atom is 0.217 e. The summed E-state index contributed by atoms with van der Waals surface area (Å²) in [7, 11) is 1.71. The Morgan fingerprint density at radius 2 is 1.71 bits per heavy atom. The number of anilines is 3. The number of ether oxygens (including phenoxy) is 3. The largest absolute Gasteiger partial charge is 0.491 e. The molecule has 2 saturated heterocycles.